The largest absolute Gasteiger partial charge is 0.368 e. The van der Waals surface area contributed by atoms with E-state index in [0.717, 1.165) is 6.54 Å². The third-order valence-corrected chi connectivity index (χ3v) is 3.30. The van der Waals surface area contributed by atoms with Crippen LogP contribution in [0.5, 0.6) is 0 Å². The van der Waals surface area contributed by atoms with Gasteiger partial charge in [-0.2, -0.15) is 0 Å². The Morgan fingerprint density at radius 2 is 2.00 bits per heavy atom. The predicted molar refractivity (Wildman–Crippen MR) is 53.2 cm³/mol. The molecule has 0 radical (unpaired) electrons. The molecule has 3 N–H and O–H groups in total. The van der Waals surface area contributed by atoms with E-state index >= 15 is 0 Å². The van der Waals surface area contributed by atoms with Crippen molar-refractivity contribution in [2.45, 2.75) is 39.7 Å². The number of hydrogen-bond acceptors (Lipinski definition) is 2. The maximum Gasteiger partial charge on any atom is 0.234 e. The molecular formula is C10H20N2O. The summed E-state index contributed by atoms with van der Waals surface area (Å²) in [6, 6.07) is -0.198. The second-order valence-corrected chi connectivity index (χ2v) is 4.52. The van der Waals surface area contributed by atoms with Gasteiger partial charge in [-0.3, -0.25) is 4.79 Å². The second kappa shape index (κ2) is 3.66. The van der Waals surface area contributed by atoms with Crippen LogP contribution in [0.4, 0.5) is 0 Å². The molecule has 1 unspecified atom stereocenters. The minimum atomic E-state index is -0.264. The zero-order valence-electron chi connectivity index (χ0n) is 8.76. The zero-order valence-corrected chi connectivity index (χ0v) is 8.76. The van der Waals surface area contributed by atoms with Gasteiger partial charge < -0.3 is 11.1 Å². The molecule has 0 aromatic heterocycles. The van der Waals surface area contributed by atoms with Crippen LogP contribution >= 0.6 is 0 Å². The Kier molecular flexibility index (Phi) is 2.96. The van der Waals surface area contributed by atoms with E-state index in [9.17, 15) is 4.79 Å². The Morgan fingerprint density at radius 3 is 2.31 bits per heavy atom. The monoisotopic (exact) mass is 184 g/mol. The topological polar surface area (TPSA) is 55.1 Å². The van der Waals surface area contributed by atoms with Gasteiger partial charge in [-0.15, -0.1) is 0 Å². The smallest absolute Gasteiger partial charge is 0.234 e. The first-order valence-corrected chi connectivity index (χ1v) is 5.01. The number of carbonyl (C=O) groups is 1. The summed E-state index contributed by atoms with van der Waals surface area (Å²) >= 11 is 0. The lowest BCUT2D eigenvalue weighted by atomic mass is 9.92. The summed E-state index contributed by atoms with van der Waals surface area (Å²) in [5.41, 5.74) is 5.61. The quantitative estimate of drug-likeness (QED) is 0.666. The molecule has 0 spiro atoms. The Balaban J connectivity index is 2.30. The molecule has 3 heteroatoms. The standard InChI is InChI=1S/C10H20N2O/c1-7(2)10(4-5-10)6-12-8(3)9(11)13/h7-8,12H,4-6H2,1-3H3,(H2,11,13). The van der Waals surface area contributed by atoms with Crippen LogP contribution in [-0.2, 0) is 4.79 Å². The fourth-order valence-corrected chi connectivity index (χ4v) is 1.58. The molecule has 0 bridgehead atoms. The Morgan fingerprint density at radius 1 is 1.46 bits per heavy atom. The summed E-state index contributed by atoms with van der Waals surface area (Å²) in [6.07, 6.45) is 2.56. The normalized spacial score (nSPS) is 21.5. The van der Waals surface area contributed by atoms with Gasteiger partial charge in [0.2, 0.25) is 5.91 Å². The van der Waals surface area contributed by atoms with Gasteiger partial charge in [-0.1, -0.05) is 13.8 Å². The van der Waals surface area contributed by atoms with E-state index < -0.39 is 0 Å². The minimum absolute atomic E-state index is 0.198. The second-order valence-electron chi connectivity index (χ2n) is 4.52. The summed E-state index contributed by atoms with van der Waals surface area (Å²) in [6.45, 7) is 7.22. The van der Waals surface area contributed by atoms with Crippen LogP contribution in [0.15, 0.2) is 0 Å². The summed E-state index contributed by atoms with van der Waals surface area (Å²) in [5.74, 6) is 0.430. The van der Waals surface area contributed by atoms with Gasteiger partial charge in [-0.25, -0.2) is 0 Å². The van der Waals surface area contributed by atoms with E-state index in [1.54, 1.807) is 0 Å². The van der Waals surface area contributed by atoms with Crippen molar-refractivity contribution in [2.75, 3.05) is 6.54 Å². The van der Waals surface area contributed by atoms with Crippen molar-refractivity contribution < 1.29 is 4.79 Å². The van der Waals surface area contributed by atoms with Crippen molar-refractivity contribution in [3.8, 4) is 0 Å². The Bertz CT molecular complexity index is 197. The summed E-state index contributed by atoms with van der Waals surface area (Å²) in [4.78, 5) is 10.8. The molecule has 3 nitrogen and oxygen atoms in total. The van der Waals surface area contributed by atoms with Crippen molar-refractivity contribution in [1.29, 1.82) is 0 Å². The molecule has 1 aliphatic carbocycles. The van der Waals surface area contributed by atoms with Crippen molar-refractivity contribution in [2.24, 2.45) is 17.1 Å². The van der Waals surface area contributed by atoms with Crippen LogP contribution in [-0.4, -0.2) is 18.5 Å². The number of nitrogens with two attached hydrogens (primary N) is 1. The molecule has 0 aromatic rings. The highest BCUT2D eigenvalue weighted by Crippen LogP contribution is 2.51. The molecule has 1 saturated carbocycles. The van der Waals surface area contributed by atoms with Crippen LogP contribution in [0.1, 0.15) is 33.6 Å². The summed E-state index contributed by atoms with van der Waals surface area (Å²) in [5, 5.41) is 3.19. The van der Waals surface area contributed by atoms with E-state index in [1.165, 1.54) is 12.8 Å². The van der Waals surface area contributed by atoms with Crippen LogP contribution in [0.3, 0.4) is 0 Å². The average Bonchev–Trinajstić information content (AvgIpc) is 2.80. The number of amides is 1. The predicted octanol–water partition coefficient (Wildman–Crippen LogP) is 0.886. The van der Waals surface area contributed by atoms with Gasteiger partial charge in [0.1, 0.15) is 0 Å². The van der Waals surface area contributed by atoms with Gasteiger partial charge in [0, 0.05) is 6.54 Å². The third-order valence-electron chi connectivity index (χ3n) is 3.30. The van der Waals surface area contributed by atoms with E-state index in [-0.39, 0.29) is 11.9 Å². The van der Waals surface area contributed by atoms with E-state index in [4.69, 9.17) is 5.73 Å². The lowest BCUT2D eigenvalue weighted by molar-refractivity contribution is -0.119. The van der Waals surface area contributed by atoms with Gasteiger partial charge >= 0.3 is 0 Å². The van der Waals surface area contributed by atoms with Crippen LogP contribution in [0.25, 0.3) is 0 Å². The Labute approximate surface area is 80.1 Å². The number of nitrogens with one attached hydrogen (secondary N) is 1. The first-order valence-electron chi connectivity index (χ1n) is 5.01. The summed E-state index contributed by atoms with van der Waals surface area (Å²) < 4.78 is 0. The van der Waals surface area contributed by atoms with Crippen molar-refractivity contribution in [3.63, 3.8) is 0 Å². The fourth-order valence-electron chi connectivity index (χ4n) is 1.58. The highest BCUT2D eigenvalue weighted by atomic mass is 16.1. The van der Waals surface area contributed by atoms with Gasteiger partial charge in [0.25, 0.3) is 0 Å². The van der Waals surface area contributed by atoms with Gasteiger partial charge in [0.05, 0.1) is 6.04 Å². The average molecular weight is 184 g/mol. The zero-order chi connectivity index (χ0) is 10.1. The van der Waals surface area contributed by atoms with Crippen molar-refractivity contribution in [1.82, 2.24) is 5.32 Å². The lowest BCUT2D eigenvalue weighted by Crippen LogP contribution is -2.42. The molecule has 0 aliphatic heterocycles. The molecular weight excluding hydrogens is 164 g/mol. The molecule has 1 rings (SSSR count). The highest BCUT2D eigenvalue weighted by Gasteiger charge is 2.45. The number of hydrogen-bond donors (Lipinski definition) is 2. The SMILES string of the molecule is CC(NCC1(C(C)C)CC1)C(N)=O. The molecule has 0 heterocycles. The molecule has 1 atom stereocenters. The molecule has 1 aliphatic rings. The van der Waals surface area contributed by atoms with Crippen molar-refractivity contribution in [3.05, 3.63) is 0 Å². The highest BCUT2D eigenvalue weighted by molar-refractivity contribution is 5.79. The molecule has 1 fully saturated rings. The maximum absolute atomic E-state index is 10.8. The first kappa shape index (κ1) is 10.5. The molecule has 0 saturated heterocycles. The van der Waals surface area contributed by atoms with Crippen molar-refractivity contribution >= 4 is 5.91 Å². The third kappa shape index (κ3) is 2.44. The minimum Gasteiger partial charge on any atom is -0.368 e. The maximum atomic E-state index is 10.8. The molecule has 76 valence electrons. The van der Waals surface area contributed by atoms with Gasteiger partial charge in [0.15, 0.2) is 0 Å². The molecule has 13 heavy (non-hydrogen) atoms. The fraction of sp³-hybridized carbons (Fsp3) is 0.900. The summed E-state index contributed by atoms with van der Waals surface area (Å²) in [7, 11) is 0. The number of carbonyl (C=O) groups excluding carboxylic acids is 1. The number of primary amides is 1. The van der Waals surface area contributed by atoms with Crippen LogP contribution in [0.2, 0.25) is 0 Å². The number of rotatable bonds is 5. The molecule has 0 aromatic carbocycles. The van der Waals surface area contributed by atoms with E-state index in [0.29, 0.717) is 11.3 Å². The lowest BCUT2D eigenvalue weighted by Gasteiger charge is -2.21. The van der Waals surface area contributed by atoms with Gasteiger partial charge in [-0.05, 0) is 31.1 Å². The molecule has 1 amide bonds. The van der Waals surface area contributed by atoms with Crippen LogP contribution < -0.4 is 11.1 Å². The van der Waals surface area contributed by atoms with E-state index in [2.05, 4.69) is 19.2 Å². The van der Waals surface area contributed by atoms with Crippen LogP contribution in [0, 0.1) is 11.3 Å². The first-order chi connectivity index (χ1) is 5.98. The van der Waals surface area contributed by atoms with E-state index in [1.807, 2.05) is 6.92 Å². The Hall–Kier alpha value is -0.570.